The molecule has 1 aromatic heterocycles. The van der Waals surface area contributed by atoms with E-state index in [1.165, 1.54) is 0 Å². The zero-order chi connectivity index (χ0) is 17.4. The summed E-state index contributed by atoms with van der Waals surface area (Å²) in [5, 5.41) is 11.2. The molecule has 0 unspecified atom stereocenters. The van der Waals surface area contributed by atoms with Gasteiger partial charge in [-0.05, 0) is 42.7 Å². The van der Waals surface area contributed by atoms with Crippen molar-refractivity contribution < 1.29 is 4.79 Å². The minimum Gasteiger partial charge on any atom is -0.355 e. The average Bonchev–Trinajstić information content (AvgIpc) is 2.57. The zero-order valence-electron chi connectivity index (χ0n) is 14.1. The van der Waals surface area contributed by atoms with Gasteiger partial charge in [0.2, 0.25) is 5.91 Å². The first-order chi connectivity index (χ1) is 11.6. The van der Waals surface area contributed by atoms with Crippen LogP contribution >= 0.6 is 15.9 Å². The van der Waals surface area contributed by atoms with Crippen molar-refractivity contribution >= 4 is 33.5 Å². The number of benzene rings is 1. The molecule has 1 aromatic carbocycles. The number of hydrogen-bond acceptors (Lipinski definition) is 4. The summed E-state index contributed by atoms with van der Waals surface area (Å²) in [5.41, 5.74) is 0.956. The third-order valence-electron chi connectivity index (χ3n) is 3.51. The van der Waals surface area contributed by atoms with Crippen molar-refractivity contribution in [3.05, 3.63) is 46.4 Å². The van der Waals surface area contributed by atoms with E-state index >= 15 is 0 Å². The summed E-state index contributed by atoms with van der Waals surface area (Å²) in [4.78, 5) is 14.3. The van der Waals surface area contributed by atoms with Gasteiger partial charge in [-0.2, -0.15) is 0 Å². The molecule has 0 radical (unpaired) electrons. The van der Waals surface area contributed by atoms with E-state index in [0.717, 1.165) is 41.8 Å². The van der Waals surface area contributed by atoms with E-state index in [1.807, 2.05) is 30.3 Å². The monoisotopic (exact) mass is 390 g/mol. The first-order valence-electron chi connectivity index (χ1n) is 8.25. The molecule has 2 aromatic rings. The number of anilines is 2. The van der Waals surface area contributed by atoms with E-state index in [4.69, 9.17) is 0 Å². The summed E-state index contributed by atoms with van der Waals surface area (Å²) in [5.74, 6) is 1.23. The van der Waals surface area contributed by atoms with Gasteiger partial charge >= 0.3 is 0 Å². The molecule has 0 aliphatic carbocycles. The van der Waals surface area contributed by atoms with E-state index in [1.54, 1.807) is 6.07 Å². The van der Waals surface area contributed by atoms with E-state index in [0.29, 0.717) is 12.2 Å². The highest BCUT2D eigenvalue weighted by Crippen LogP contribution is 2.14. The second-order valence-electron chi connectivity index (χ2n) is 5.62. The van der Waals surface area contributed by atoms with Crippen LogP contribution in [0.5, 0.6) is 0 Å². The Hall–Kier alpha value is -1.95. The molecule has 0 atom stereocenters. The SMILES string of the molecule is CCCN(CCC)c1ccc(NC(=O)Cc2ccc(Br)cc2)nn1. The Morgan fingerprint density at radius 2 is 1.71 bits per heavy atom. The zero-order valence-corrected chi connectivity index (χ0v) is 15.7. The number of aromatic nitrogens is 2. The van der Waals surface area contributed by atoms with Crippen molar-refractivity contribution in [2.45, 2.75) is 33.1 Å². The smallest absolute Gasteiger partial charge is 0.229 e. The Morgan fingerprint density at radius 3 is 2.25 bits per heavy atom. The maximum Gasteiger partial charge on any atom is 0.229 e. The Bertz CT molecular complexity index is 637. The molecule has 0 fully saturated rings. The second kappa shape index (κ2) is 9.37. The van der Waals surface area contributed by atoms with Crippen molar-refractivity contribution in [3.8, 4) is 0 Å². The fourth-order valence-electron chi connectivity index (χ4n) is 2.42. The Morgan fingerprint density at radius 1 is 1.04 bits per heavy atom. The quantitative estimate of drug-likeness (QED) is 0.738. The topological polar surface area (TPSA) is 58.1 Å². The van der Waals surface area contributed by atoms with Gasteiger partial charge in [0.25, 0.3) is 0 Å². The van der Waals surface area contributed by atoms with Crippen LogP contribution in [0.4, 0.5) is 11.6 Å². The van der Waals surface area contributed by atoms with Gasteiger partial charge in [0.05, 0.1) is 6.42 Å². The van der Waals surface area contributed by atoms with Gasteiger partial charge in [-0.3, -0.25) is 4.79 Å². The highest BCUT2D eigenvalue weighted by atomic mass is 79.9. The number of carbonyl (C=O) groups excluding carboxylic acids is 1. The Kier molecular flexibility index (Phi) is 7.18. The molecule has 1 heterocycles. The molecular weight excluding hydrogens is 368 g/mol. The van der Waals surface area contributed by atoms with E-state index in [2.05, 4.69) is 50.2 Å². The fraction of sp³-hybridized carbons (Fsp3) is 0.389. The molecule has 1 N–H and O–H groups in total. The highest BCUT2D eigenvalue weighted by Gasteiger charge is 2.09. The van der Waals surface area contributed by atoms with Crippen LogP contribution in [0.15, 0.2) is 40.9 Å². The number of carbonyl (C=O) groups is 1. The van der Waals surface area contributed by atoms with Crippen molar-refractivity contribution in [1.82, 2.24) is 10.2 Å². The maximum absolute atomic E-state index is 12.1. The second-order valence-corrected chi connectivity index (χ2v) is 6.53. The molecule has 1 amide bonds. The molecule has 0 bridgehead atoms. The largest absolute Gasteiger partial charge is 0.355 e. The van der Waals surface area contributed by atoms with Crippen LogP contribution in [-0.4, -0.2) is 29.2 Å². The van der Waals surface area contributed by atoms with Crippen LogP contribution in [0.1, 0.15) is 32.3 Å². The Balaban J connectivity index is 1.95. The van der Waals surface area contributed by atoms with Crippen molar-refractivity contribution in [2.24, 2.45) is 0 Å². The van der Waals surface area contributed by atoms with Gasteiger partial charge in [-0.1, -0.05) is 41.9 Å². The number of nitrogens with one attached hydrogen (secondary N) is 1. The summed E-state index contributed by atoms with van der Waals surface area (Å²) >= 11 is 3.38. The van der Waals surface area contributed by atoms with Gasteiger partial charge in [0, 0.05) is 17.6 Å². The minimum absolute atomic E-state index is 0.0988. The minimum atomic E-state index is -0.0988. The maximum atomic E-state index is 12.1. The van der Waals surface area contributed by atoms with Crippen LogP contribution in [0.25, 0.3) is 0 Å². The van der Waals surface area contributed by atoms with E-state index in [-0.39, 0.29) is 5.91 Å². The molecule has 2 rings (SSSR count). The summed E-state index contributed by atoms with van der Waals surface area (Å²) in [6.07, 6.45) is 2.44. The summed E-state index contributed by atoms with van der Waals surface area (Å²) in [7, 11) is 0. The molecule has 0 saturated carbocycles. The fourth-order valence-corrected chi connectivity index (χ4v) is 2.68. The van der Waals surface area contributed by atoms with Crippen molar-refractivity contribution in [3.63, 3.8) is 0 Å². The molecule has 0 aliphatic rings. The van der Waals surface area contributed by atoms with E-state index < -0.39 is 0 Å². The summed E-state index contributed by atoms with van der Waals surface area (Å²) in [6.45, 7) is 6.20. The standard InChI is InChI=1S/C18H23BrN4O/c1-3-11-23(12-4-2)17-10-9-16(21-22-17)20-18(24)13-14-5-7-15(19)8-6-14/h5-10H,3-4,11-13H2,1-2H3,(H,20,21,24). The lowest BCUT2D eigenvalue weighted by molar-refractivity contribution is -0.115. The van der Waals surface area contributed by atoms with Crippen LogP contribution < -0.4 is 10.2 Å². The van der Waals surface area contributed by atoms with Gasteiger partial charge in [-0.25, -0.2) is 0 Å². The lowest BCUT2D eigenvalue weighted by atomic mass is 10.1. The highest BCUT2D eigenvalue weighted by molar-refractivity contribution is 9.10. The van der Waals surface area contributed by atoms with E-state index in [9.17, 15) is 4.79 Å². The first-order valence-corrected chi connectivity index (χ1v) is 9.04. The molecular formula is C18H23BrN4O. The number of rotatable bonds is 8. The summed E-state index contributed by atoms with van der Waals surface area (Å²) < 4.78 is 0.997. The van der Waals surface area contributed by atoms with Crippen LogP contribution in [0, 0.1) is 0 Å². The average molecular weight is 391 g/mol. The number of nitrogens with zero attached hydrogens (tertiary/aromatic N) is 3. The molecule has 24 heavy (non-hydrogen) atoms. The molecule has 0 spiro atoms. The normalized spacial score (nSPS) is 10.5. The molecule has 5 nitrogen and oxygen atoms in total. The van der Waals surface area contributed by atoms with Crippen LogP contribution in [-0.2, 0) is 11.2 Å². The number of hydrogen-bond donors (Lipinski definition) is 1. The first kappa shape index (κ1) is 18.4. The predicted molar refractivity (Wildman–Crippen MR) is 101 cm³/mol. The number of amides is 1. The summed E-state index contributed by atoms with van der Waals surface area (Å²) in [6, 6.07) is 11.4. The predicted octanol–water partition coefficient (Wildman–Crippen LogP) is 4.05. The van der Waals surface area contributed by atoms with Gasteiger partial charge < -0.3 is 10.2 Å². The van der Waals surface area contributed by atoms with Crippen LogP contribution in [0.2, 0.25) is 0 Å². The van der Waals surface area contributed by atoms with Gasteiger partial charge in [0.15, 0.2) is 11.6 Å². The third-order valence-corrected chi connectivity index (χ3v) is 4.04. The lowest BCUT2D eigenvalue weighted by Crippen LogP contribution is -2.26. The van der Waals surface area contributed by atoms with Crippen LogP contribution in [0.3, 0.4) is 0 Å². The van der Waals surface area contributed by atoms with Crippen molar-refractivity contribution in [2.75, 3.05) is 23.3 Å². The Labute approximate surface area is 151 Å². The molecule has 6 heteroatoms. The lowest BCUT2D eigenvalue weighted by Gasteiger charge is -2.21. The molecule has 128 valence electrons. The molecule has 0 aliphatic heterocycles. The van der Waals surface area contributed by atoms with Crippen molar-refractivity contribution in [1.29, 1.82) is 0 Å². The number of halogens is 1. The third kappa shape index (κ3) is 5.60. The van der Waals surface area contributed by atoms with Gasteiger partial charge in [0.1, 0.15) is 0 Å². The van der Waals surface area contributed by atoms with Gasteiger partial charge in [-0.15, -0.1) is 10.2 Å². The molecule has 0 saturated heterocycles.